The van der Waals surface area contributed by atoms with Gasteiger partial charge in [-0.25, -0.2) is 4.98 Å². The number of aromatic nitrogens is 2. The Labute approximate surface area is 119 Å². The SMILES string of the molecule is CN1CC(O)CC(Nc2nc3nc(Br)ccc3o2)C1. The molecule has 0 aliphatic carbocycles. The molecule has 3 rings (SSSR count). The fourth-order valence-corrected chi connectivity index (χ4v) is 2.72. The molecule has 102 valence electrons. The first-order chi connectivity index (χ1) is 9.10. The summed E-state index contributed by atoms with van der Waals surface area (Å²) >= 11 is 3.30. The highest BCUT2D eigenvalue weighted by atomic mass is 79.9. The molecule has 2 atom stereocenters. The van der Waals surface area contributed by atoms with Gasteiger partial charge in [0.1, 0.15) is 4.60 Å². The predicted molar refractivity (Wildman–Crippen MR) is 75.0 cm³/mol. The van der Waals surface area contributed by atoms with E-state index in [1.165, 1.54) is 0 Å². The topological polar surface area (TPSA) is 74.4 Å². The highest BCUT2D eigenvalue weighted by Crippen LogP contribution is 2.21. The molecule has 6 nitrogen and oxygen atoms in total. The minimum absolute atomic E-state index is 0.130. The molecular formula is C12H15BrN4O2. The lowest BCUT2D eigenvalue weighted by atomic mass is 10.0. The molecule has 1 fully saturated rings. The van der Waals surface area contributed by atoms with Gasteiger partial charge in [0.05, 0.1) is 6.10 Å². The number of aliphatic hydroxyl groups excluding tert-OH is 1. The van der Waals surface area contributed by atoms with Gasteiger partial charge in [-0.2, -0.15) is 4.98 Å². The summed E-state index contributed by atoms with van der Waals surface area (Å²) in [4.78, 5) is 10.6. The molecule has 2 aromatic rings. The molecular weight excluding hydrogens is 312 g/mol. The van der Waals surface area contributed by atoms with Crippen LogP contribution >= 0.6 is 15.9 Å². The Kier molecular flexibility index (Phi) is 3.42. The number of piperidine rings is 1. The van der Waals surface area contributed by atoms with E-state index in [1.54, 1.807) is 0 Å². The summed E-state index contributed by atoms with van der Waals surface area (Å²) in [5, 5.41) is 13.0. The maximum atomic E-state index is 9.75. The highest BCUT2D eigenvalue weighted by Gasteiger charge is 2.24. The van der Waals surface area contributed by atoms with Gasteiger partial charge in [0.15, 0.2) is 5.58 Å². The lowest BCUT2D eigenvalue weighted by molar-refractivity contribution is 0.0775. The van der Waals surface area contributed by atoms with Gasteiger partial charge in [0.2, 0.25) is 5.65 Å². The maximum absolute atomic E-state index is 9.75. The van der Waals surface area contributed by atoms with Crippen LogP contribution in [0.1, 0.15) is 6.42 Å². The van der Waals surface area contributed by atoms with Crippen molar-refractivity contribution in [3.63, 3.8) is 0 Å². The van der Waals surface area contributed by atoms with Gasteiger partial charge in [-0.1, -0.05) is 0 Å². The van der Waals surface area contributed by atoms with Gasteiger partial charge >= 0.3 is 0 Å². The number of nitrogens with one attached hydrogen (secondary N) is 1. The molecule has 0 saturated carbocycles. The minimum Gasteiger partial charge on any atom is -0.422 e. The standard InChI is InChI=1S/C12H15BrN4O2/c1-17-5-7(4-8(18)6-17)14-12-16-11-9(19-12)2-3-10(13)15-11/h2-3,7-8,18H,4-6H2,1H3,(H,14,15,16). The third kappa shape index (κ3) is 2.88. The van der Waals surface area contributed by atoms with Crippen molar-refractivity contribution >= 4 is 33.2 Å². The molecule has 1 aliphatic heterocycles. The Morgan fingerprint density at radius 2 is 2.26 bits per heavy atom. The third-order valence-corrected chi connectivity index (χ3v) is 3.60. The lowest BCUT2D eigenvalue weighted by Gasteiger charge is -2.33. The van der Waals surface area contributed by atoms with E-state index in [-0.39, 0.29) is 12.1 Å². The number of β-amino-alcohol motifs (C(OH)–C–C–N with tert-alkyl or cyclic N) is 1. The first-order valence-corrected chi connectivity index (χ1v) is 6.95. The second-order valence-corrected chi connectivity index (χ2v) is 5.74. The van der Waals surface area contributed by atoms with Crippen LogP contribution in [0.3, 0.4) is 0 Å². The molecule has 0 amide bonds. The van der Waals surface area contributed by atoms with E-state index in [0.717, 1.165) is 11.1 Å². The number of anilines is 1. The zero-order valence-corrected chi connectivity index (χ0v) is 12.1. The smallest absolute Gasteiger partial charge is 0.297 e. The minimum atomic E-state index is -0.312. The molecule has 2 aromatic heterocycles. The molecule has 2 unspecified atom stereocenters. The molecule has 0 radical (unpaired) electrons. The first-order valence-electron chi connectivity index (χ1n) is 6.16. The molecule has 0 spiro atoms. The molecule has 0 bridgehead atoms. The van der Waals surface area contributed by atoms with Crippen molar-refractivity contribution in [1.29, 1.82) is 0 Å². The van der Waals surface area contributed by atoms with Crippen molar-refractivity contribution in [2.24, 2.45) is 0 Å². The number of oxazole rings is 1. The third-order valence-electron chi connectivity index (χ3n) is 3.16. The van der Waals surface area contributed by atoms with Crippen molar-refractivity contribution in [2.45, 2.75) is 18.6 Å². The van der Waals surface area contributed by atoms with E-state index in [4.69, 9.17) is 4.42 Å². The monoisotopic (exact) mass is 326 g/mol. The molecule has 1 saturated heterocycles. The summed E-state index contributed by atoms with van der Waals surface area (Å²) in [6.45, 7) is 1.56. The number of halogens is 1. The largest absolute Gasteiger partial charge is 0.422 e. The van der Waals surface area contributed by atoms with Gasteiger partial charge in [-0.15, -0.1) is 0 Å². The van der Waals surface area contributed by atoms with Crippen LogP contribution in [-0.4, -0.2) is 52.3 Å². The average Bonchev–Trinajstić information content (AvgIpc) is 2.68. The van der Waals surface area contributed by atoms with E-state index in [9.17, 15) is 5.11 Å². The molecule has 3 heterocycles. The second-order valence-electron chi connectivity index (χ2n) is 4.93. The lowest BCUT2D eigenvalue weighted by Crippen LogP contribution is -2.46. The number of aliphatic hydroxyl groups is 1. The van der Waals surface area contributed by atoms with E-state index in [0.29, 0.717) is 30.2 Å². The Balaban J connectivity index is 1.77. The fraction of sp³-hybridized carbons (Fsp3) is 0.500. The van der Waals surface area contributed by atoms with Gasteiger partial charge < -0.3 is 19.7 Å². The number of hydrogen-bond donors (Lipinski definition) is 2. The van der Waals surface area contributed by atoms with Crippen molar-refractivity contribution in [3.05, 3.63) is 16.7 Å². The summed E-state index contributed by atoms with van der Waals surface area (Å²) in [6, 6.07) is 4.22. The van der Waals surface area contributed by atoms with Gasteiger partial charge in [-0.05, 0) is 41.5 Å². The van der Waals surface area contributed by atoms with E-state index < -0.39 is 0 Å². The van der Waals surface area contributed by atoms with Gasteiger partial charge in [0, 0.05) is 19.1 Å². The maximum Gasteiger partial charge on any atom is 0.297 e. The number of pyridine rings is 1. The van der Waals surface area contributed by atoms with Crippen LogP contribution in [-0.2, 0) is 0 Å². The van der Waals surface area contributed by atoms with E-state index in [2.05, 4.69) is 36.1 Å². The number of rotatable bonds is 2. The van der Waals surface area contributed by atoms with Crippen LogP contribution in [0, 0.1) is 0 Å². The first kappa shape index (κ1) is 12.8. The molecule has 1 aliphatic rings. The second kappa shape index (κ2) is 5.07. The Morgan fingerprint density at radius 3 is 3.05 bits per heavy atom. The predicted octanol–water partition coefficient (Wildman–Crippen LogP) is 1.46. The van der Waals surface area contributed by atoms with Crippen molar-refractivity contribution in [3.8, 4) is 0 Å². The van der Waals surface area contributed by atoms with Crippen molar-refractivity contribution in [2.75, 3.05) is 25.5 Å². The summed E-state index contributed by atoms with van der Waals surface area (Å²) < 4.78 is 6.32. The molecule has 2 N–H and O–H groups in total. The van der Waals surface area contributed by atoms with Crippen LogP contribution < -0.4 is 5.32 Å². The summed E-state index contributed by atoms with van der Waals surface area (Å²) in [7, 11) is 1.99. The molecule has 19 heavy (non-hydrogen) atoms. The van der Waals surface area contributed by atoms with E-state index >= 15 is 0 Å². The van der Waals surface area contributed by atoms with Crippen LogP contribution in [0.4, 0.5) is 6.01 Å². The summed E-state index contributed by atoms with van der Waals surface area (Å²) in [5.74, 6) is 0. The summed E-state index contributed by atoms with van der Waals surface area (Å²) in [6.07, 6.45) is 0.382. The van der Waals surface area contributed by atoms with Gasteiger partial charge in [-0.3, -0.25) is 0 Å². The van der Waals surface area contributed by atoms with Gasteiger partial charge in [0.25, 0.3) is 6.01 Å². The average molecular weight is 327 g/mol. The number of hydrogen-bond acceptors (Lipinski definition) is 6. The Morgan fingerprint density at radius 1 is 1.42 bits per heavy atom. The van der Waals surface area contributed by atoms with Crippen LogP contribution in [0.15, 0.2) is 21.2 Å². The fourth-order valence-electron chi connectivity index (χ4n) is 2.42. The van der Waals surface area contributed by atoms with Crippen LogP contribution in [0.2, 0.25) is 0 Å². The molecule has 7 heteroatoms. The highest BCUT2D eigenvalue weighted by molar-refractivity contribution is 9.10. The zero-order chi connectivity index (χ0) is 13.4. The normalized spacial score (nSPS) is 24.8. The van der Waals surface area contributed by atoms with Crippen LogP contribution in [0.25, 0.3) is 11.2 Å². The van der Waals surface area contributed by atoms with Crippen molar-refractivity contribution < 1.29 is 9.52 Å². The Hall–Kier alpha value is -1.18. The van der Waals surface area contributed by atoms with Crippen molar-refractivity contribution in [1.82, 2.24) is 14.9 Å². The summed E-state index contributed by atoms with van der Waals surface area (Å²) in [5.41, 5.74) is 1.22. The number of nitrogens with zero attached hydrogens (tertiary/aromatic N) is 3. The quantitative estimate of drug-likeness (QED) is 0.814. The number of likely N-dealkylation sites (tertiary alicyclic amines) is 1. The van der Waals surface area contributed by atoms with E-state index in [1.807, 2.05) is 19.2 Å². The number of likely N-dealkylation sites (N-methyl/N-ethyl adjacent to an activating group) is 1. The molecule has 0 aromatic carbocycles. The number of fused-ring (bicyclic) bond motifs is 1. The Bertz CT molecular complexity index is 578. The van der Waals surface area contributed by atoms with Crippen LogP contribution in [0.5, 0.6) is 0 Å². The zero-order valence-electron chi connectivity index (χ0n) is 10.5.